The van der Waals surface area contributed by atoms with Crippen LogP contribution in [0.4, 0.5) is 0 Å². The minimum atomic E-state index is -0.0472. The van der Waals surface area contributed by atoms with Crippen molar-refractivity contribution < 1.29 is 9.47 Å². The van der Waals surface area contributed by atoms with Gasteiger partial charge >= 0.3 is 0 Å². The number of hydrogen-bond donors (Lipinski definition) is 0. The fourth-order valence-corrected chi connectivity index (χ4v) is 8.82. The van der Waals surface area contributed by atoms with Crippen molar-refractivity contribution >= 4 is 40.7 Å². The molecule has 0 aromatic heterocycles. The van der Waals surface area contributed by atoms with Gasteiger partial charge in [0, 0.05) is 0 Å². The molecule has 2 nitrogen and oxygen atoms in total. The molecule has 0 spiro atoms. The Hall–Kier alpha value is -5.73. The Kier molecular flexibility index (Phi) is 5.09. The molecule has 0 fully saturated rings. The first-order chi connectivity index (χ1) is 23.3. The van der Waals surface area contributed by atoms with Crippen molar-refractivity contribution in [2.75, 3.05) is 0 Å². The molecule has 0 N–H and O–H groups in total. The Bertz CT molecular complexity index is 2480. The third kappa shape index (κ3) is 3.48. The molecule has 47 heavy (non-hydrogen) atoms. The maximum atomic E-state index is 6.98. The SMILES string of the molecule is c1ccc2c(c1)CB1c3cc4c(cc3Oc3cccc-2c31)B1c2ccccc2-c2ccccc2-c2ccccc2-c2cccc(c21)O4. The van der Waals surface area contributed by atoms with Crippen LogP contribution in [0.3, 0.4) is 0 Å². The second kappa shape index (κ2) is 9.40. The lowest BCUT2D eigenvalue weighted by Gasteiger charge is -2.35. The highest BCUT2D eigenvalue weighted by molar-refractivity contribution is 6.99. The smallest absolute Gasteiger partial charge is 0.252 e. The van der Waals surface area contributed by atoms with Crippen LogP contribution in [0.25, 0.3) is 44.5 Å². The van der Waals surface area contributed by atoms with Crippen LogP contribution in [0.5, 0.6) is 23.0 Å². The third-order valence-electron chi connectivity index (χ3n) is 10.8. The van der Waals surface area contributed by atoms with E-state index in [1.807, 2.05) is 0 Å². The van der Waals surface area contributed by atoms with Crippen molar-refractivity contribution in [3.05, 3.63) is 151 Å². The zero-order valence-electron chi connectivity index (χ0n) is 25.5. The Morgan fingerprint density at radius 2 is 0.851 bits per heavy atom. The monoisotopic (exact) mass is 596 g/mol. The van der Waals surface area contributed by atoms with Gasteiger partial charge in [0.15, 0.2) is 0 Å². The summed E-state index contributed by atoms with van der Waals surface area (Å²) in [4.78, 5) is 0. The van der Waals surface area contributed by atoms with E-state index < -0.39 is 0 Å². The number of benzene rings is 7. The van der Waals surface area contributed by atoms with Crippen LogP contribution in [-0.4, -0.2) is 13.4 Å². The van der Waals surface area contributed by atoms with Gasteiger partial charge in [-0.1, -0.05) is 127 Å². The van der Waals surface area contributed by atoms with Gasteiger partial charge in [0.2, 0.25) is 6.71 Å². The van der Waals surface area contributed by atoms with E-state index in [2.05, 4.69) is 146 Å². The summed E-state index contributed by atoms with van der Waals surface area (Å²) in [5.74, 6) is 3.73. The molecule has 4 aliphatic rings. The number of hydrogen-bond acceptors (Lipinski definition) is 2. The van der Waals surface area contributed by atoms with Crippen molar-refractivity contribution in [2.24, 2.45) is 0 Å². The van der Waals surface area contributed by atoms with Crippen molar-refractivity contribution in [2.45, 2.75) is 6.32 Å². The molecule has 11 rings (SSSR count). The van der Waals surface area contributed by atoms with Crippen molar-refractivity contribution in [1.82, 2.24) is 0 Å². The summed E-state index contributed by atoms with van der Waals surface area (Å²) in [5.41, 5.74) is 17.5. The number of fused-ring (bicyclic) bond motifs is 13. The number of rotatable bonds is 0. The average molecular weight is 596 g/mol. The summed E-state index contributed by atoms with van der Waals surface area (Å²) >= 11 is 0. The molecule has 7 aromatic carbocycles. The number of ether oxygens (including phenoxy) is 2. The molecule has 0 saturated carbocycles. The summed E-state index contributed by atoms with van der Waals surface area (Å²) in [6.07, 6.45) is 0.940. The van der Waals surface area contributed by atoms with Crippen LogP contribution in [0, 0.1) is 0 Å². The molecule has 0 bridgehead atoms. The summed E-state index contributed by atoms with van der Waals surface area (Å²) in [6, 6.07) is 53.0. The molecule has 4 aliphatic heterocycles. The van der Waals surface area contributed by atoms with Crippen LogP contribution in [-0.2, 0) is 6.32 Å². The fourth-order valence-electron chi connectivity index (χ4n) is 8.82. The van der Waals surface area contributed by atoms with Crippen LogP contribution in [0.2, 0.25) is 0 Å². The molecule has 216 valence electrons. The summed E-state index contributed by atoms with van der Waals surface area (Å²) in [7, 11) is 0. The molecule has 0 saturated heterocycles. The second-order valence-electron chi connectivity index (χ2n) is 13.1. The lowest BCUT2D eigenvalue weighted by atomic mass is 9.32. The molecular formula is C43H26B2O2. The van der Waals surface area contributed by atoms with Crippen molar-refractivity contribution in [3.63, 3.8) is 0 Å². The topological polar surface area (TPSA) is 18.5 Å². The normalized spacial score (nSPS) is 13.7. The zero-order chi connectivity index (χ0) is 30.6. The lowest BCUT2D eigenvalue weighted by Crippen LogP contribution is -2.57. The predicted octanol–water partition coefficient (Wildman–Crippen LogP) is 7.10. The van der Waals surface area contributed by atoms with Crippen LogP contribution in [0.15, 0.2) is 146 Å². The van der Waals surface area contributed by atoms with E-state index >= 15 is 0 Å². The predicted molar refractivity (Wildman–Crippen MR) is 195 cm³/mol. The zero-order valence-corrected chi connectivity index (χ0v) is 25.5. The van der Waals surface area contributed by atoms with E-state index in [0.29, 0.717) is 0 Å². The summed E-state index contributed by atoms with van der Waals surface area (Å²) in [5, 5.41) is 0. The van der Waals surface area contributed by atoms with Gasteiger partial charge in [0.1, 0.15) is 23.0 Å². The molecule has 0 radical (unpaired) electrons. The van der Waals surface area contributed by atoms with Crippen LogP contribution in [0.1, 0.15) is 5.56 Å². The van der Waals surface area contributed by atoms with Gasteiger partial charge in [0.05, 0.1) is 0 Å². The van der Waals surface area contributed by atoms with E-state index in [0.717, 1.165) is 34.8 Å². The quantitative estimate of drug-likeness (QED) is 0.174. The van der Waals surface area contributed by atoms with E-state index in [4.69, 9.17) is 9.47 Å². The van der Waals surface area contributed by atoms with Gasteiger partial charge in [-0.15, -0.1) is 0 Å². The van der Waals surface area contributed by atoms with Crippen molar-refractivity contribution in [1.29, 1.82) is 0 Å². The Morgan fingerprint density at radius 1 is 0.362 bits per heavy atom. The molecular weight excluding hydrogens is 570 g/mol. The maximum Gasteiger partial charge on any atom is 0.252 e. The second-order valence-corrected chi connectivity index (χ2v) is 13.1. The third-order valence-corrected chi connectivity index (χ3v) is 10.8. The van der Waals surface area contributed by atoms with E-state index in [9.17, 15) is 0 Å². The van der Waals surface area contributed by atoms with Gasteiger partial charge in [-0.2, -0.15) is 0 Å². The fraction of sp³-hybridized carbons (Fsp3) is 0.0233. The molecule has 4 heterocycles. The first-order valence-electron chi connectivity index (χ1n) is 16.5. The first kappa shape index (κ1) is 25.5. The van der Waals surface area contributed by atoms with Gasteiger partial charge in [-0.3, -0.25) is 0 Å². The molecule has 0 unspecified atom stereocenters. The van der Waals surface area contributed by atoms with E-state index in [1.165, 1.54) is 71.9 Å². The summed E-state index contributed by atoms with van der Waals surface area (Å²) in [6.45, 7) is 0.155. The van der Waals surface area contributed by atoms with Gasteiger partial charge in [0.25, 0.3) is 6.71 Å². The van der Waals surface area contributed by atoms with Crippen LogP contribution < -0.4 is 36.8 Å². The van der Waals surface area contributed by atoms with Gasteiger partial charge in [-0.25, -0.2) is 0 Å². The minimum Gasteiger partial charge on any atom is -0.458 e. The highest BCUT2D eigenvalue weighted by Crippen LogP contribution is 2.42. The van der Waals surface area contributed by atoms with E-state index in [-0.39, 0.29) is 13.4 Å². The standard InChI is InChI=1S/C43H26B2O2/c1-2-12-27-26(11-1)25-44-36-23-41-37(24-40(36)46-38-21-9-18-33(27)42(38)44)45-35-20-8-7-17-32(35)30-15-5-3-13-28(30)29-14-4-6-16-31(29)34-19-10-22-39(47-41)43(34)45/h1-24H,25H2. The van der Waals surface area contributed by atoms with E-state index in [1.54, 1.807) is 0 Å². The minimum absolute atomic E-state index is 0.0472. The Morgan fingerprint density at radius 3 is 1.57 bits per heavy atom. The first-order valence-corrected chi connectivity index (χ1v) is 16.5. The lowest BCUT2D eigenvalue weighted by molar-refractivity contribution is 0.475. The maximum absolute atomic E-state index is 6.98. The molecule has 0 amide bonds. The average Bonchev–Trinajstić information content (AvgIpc) is 3.17. The Balaban J connectivity index is 1.19. The van der Waals surface area contributed by atoms with Crippen molar-refractivity contribution in [3.8, 4) is 67.5 Å². The molecule has 7 aromatic rings. The molecule has 0 aliphatic carbocycles. The van der Waals surface area contributed by atoms with Gasteiger partial charge in [-0.05, 0) is 103 Å². The van der Waals surface area contributed by atoms with Gasteiger partial charge < -0.3 is 9.47 Å². The Labute approximate surface area is 274 Å². The van der Waals surface area contributed by atoms with Crippen LogP contribution >= 0.6 is 0 Å². The highest BCUT2D eigenvalue weighted by atomic mass is 16.5. The highest BCUT2D eigenvalue weighted by Gasteiger charge is 2.42. The molecule has 4 heteroatoms. The largest absolute Gasteiger partial charge is 0.458 e. The molecule has 0 atom stereocenters. The summed E-state index contributed by atoms with van der Waals surface area (Å²) < 4.78 is 13.8.